The zero-order chi connectivity index (χ0) is 28.8. The van der Waals surface area contributed by atoms with Crippen molar-refractivity contribution in [1.82, 2.24) is 15.1 Å². The molecule has 0 radical (unpaired) electrons. The zero-order valence-electron chi connectivity index (χ0n) is 22.8. The summed E-state index contributed by atoms with van der Waals surface area (Å²) in [6.45, 7) is 5.54. The van der Waals surface area contributed by atoms with Crippen molar-refractivity contribution in [2.45, 2.75) is 32.1 Å². The smallest absolute Gasteiger partial charge is 0.254 e. The number of anilines is 1. The van der Waals surface area contributed by atoms with Crippen LogP contribution in [0.2, 0.25) is 0 Å². The van der Waals surface area contributed by atoms with Gasteiger partial charge < -0.3 is 26.6 Å². The predicted molar refractivity (Wildman–Crippen MR) is 151 cm³/mol. The summed E-state index contributed by atoms with van der Waals surface area (Å²) >= 11 is 0. The molecule has 0 atom stereocenters. The average molecular weight is 546 g/mol. The Hall–Kier alpha value is -3.54. The van der Waals surface area contributed by atoms with E-state index >= 15 is 0 Å². The van der Waals surface area contributed by atoms with Gasteiger partial charge in [0, 0.05) is 38.6 Å². The number of carbonyl (C=O) groups excluding carboxylic acids is 2. The largest absolute Gasteiger partial charge is 0.403 e. The first-order valence-corrected chi connectivity index (χ1v) is 13.1. The van der Waals surface area contributed by atoms with E-state index in [2.05, 4.69) is 17.1 Å². The number of hydrazine groups is 1. The van der Waals surface area contributed by atoms with Crippen molar-refractivity contribution in [3.05, 3.63) is 77.6 Å². The number of rotatable bonds is 7. The molecule has 2 aromatic rings. The quantitative estimate of drug-likeness (QED) is 0.310. The van der Waals surface area contributed by atoms with E-state index in [4.69, 9.17) is 17.3 Å². The van der Waals surface area contributed by atoms with Crippen LogP contribution < -0.4 is 27.6 Å². The molecule has 4 rings (SSSR count). The van der Waals surface area contributed by atoms with Gasteiger partial charge in [0.25, 0.3) is 5.91 Å². The van der Waals surface area contributed by atoms with E-state index < -0.39 is 11.7 Å². The Morgan fingerprint density at radius 1 is 1.08 bits per heavy atom. The maximum Gasteiger partial charge on any atom is 0.254 e. The number of carbonyl (C=O) groups is 2. The van der Waals surface area contributed by atoms with Crippen molar-refractivity contribution < 1.29 is 18.4 Å². The van der Waals surface area contributed by atoms with E-state index in [0.29, 0.717) is 18.8 Å². The Morgan fingerprint density at radius 3 is 2.21 bits per heavy atom. The number of amides is 2. The van der Waals surface area contributed by atoms with Crippen molar-refractivity contribution in [2.24, 2.45) is 17.3 Å². The van der Waals surface area contributed by atoms with Crippen LogP contribution in [0.3, 0.4) is 0 Å². The van der Waals surface area contributed by atoms with Crippen LogP contribution in [0.15, 0.2) is 54.9 Å². The van der Waals surface area contributed by atoms with E-state index in [1.54, 1.807) is 4.90 Å². The van der Waals surface area contributed by atoms with Crippen LogP contribution in [0.1, 0.15) is 48.0 Å². The van der Waals surface area contributed by atoms with Gasteiger partial charge in [-0.1, -0.05) is 19.1 Å². The Morgan fingerprint density at radius 2 is 1.69 bits per heavy atom. The molecule has 39 heavy (non-hydrogen) atoms. The molecule has 11 heteroatoms. The number of hydrogen-bond donors (Lipinski definition) is 4. The number of benzene rings is 2. The summed E-state index contributed by atoms with van der Waals surface area (Å²) < 4.78 is 26.5. The van der Waals surface area contributed by atoms with Gasteiger partial charge in [0.05, 0.1) is 17.8 Å². The van der Waals surface area contributed by atoms with Gasteiger partial charge in [-0.05, 0) is 74.7 Å². The molecule has 0 spiro atoms. The molecule has 1 aliphatic carbocycles. The van der Waals surface area contributed by atoms with Gasteiger partial charge in [-0.25, -0.2) is 14.6 Å². The van der Waals surface area contributed by atoms with Crippen LogP contribution in [-0.2, 0) is 4.79 Å². The summed E-state index contributed by atoms with van der Waals surface area (Å²) in [5.74, 6) is 4.68. The van der Waals surface area contributed by atoms with Gasteiger partial charge in [0.1, 0.15) is 11.6 Å². The number of halogens is 2. The first-order valence-electron chi connectivity index (χ1n) is 13.1. The van der Waals surface area contributed by atoms with Gasteiger partial charge in [-0.2, -0.15) is 0 Å². The Bertz CT molecular complexity index is 1070. The Balaban J connectivity index is 0.000000310. The van der Waals surface area contributed by atoms with Crippen molar-refractivity contribution in [1.29, 1.82) is 0 Å². The van der Waals surface area contributed by atoms with Gasteiger partial charge in [0.2, 0.25) is 5.91 Å². The number of nitrogens with one attached hydrogen (secondary N) is 1. The second-order valence-electron chi connectivity index (χ2n) is 9.39. The molecule has 9 nitrogen and oxygen atoms in total. The van der Waals surface area contributed by atoms with E-state index in [-0.39, 0.29) is 23.8 Å². The fourth-order valence-corrected chi connectivity index (χ4v) is 3.60. The summed E-state index contributed by atoms with van der Waals surface area (Å²) in [4.78, 5) is 28.0. The van der Waals surface area contributed by atoms with Crippen molar-refractivity contribution >= 4 is 17.5 Å². The lowest BCUT2D eigenvalue weighted by atomic mass is 10.1. The molecule has 2 aromatic carbocycles. The minimum atomic E-state index is -0.733. The summed E-state index contributed by atoms with van der Waals surface area (Å²) in [6.07, 6.45) is 6.23. The molecule has 1 aliphatic heterocycles. The van der Waals surface area contributed by atoms with Crippen LogP contribution in [0, 0.1) is 11.6 Å². The third kappa shape index (κ3) is 11.0. The highest BCUT2D eigenvalue weighted by molar-refractivity contribution is 5.97. The van der Waals surface area contributed by atoms with Crippen LogP contribution >= 0.6 is 0 Å². The molecular formula is C28H41F2N7O2. The van der Waals surface area contributed by atoms with E-state index in [9.17, 15) is 18.4 Å². The van der Waals surface area contributed by atoms with Gasteiger partial charge in [-0.3, -0.25) is 14.6 Å². The number of piperazine rings is 1. The standard InChI is InChI=1S/C16H23FN6O2.C9H9F.C3H9N/c1-21-6-8-22(9-7-21)15(24)11-20-16(25)13-3-2-12(10-14(13)17)23(19)5-4-18;10-9-5-3-8(4-6-9)7-1-2-7;1-2-3-4/h2-5,10H,6-9,11,18-19H2,1H3,(H,20,25);3-7H,1-2H2;2-4H2,1H3/b5-4-;;. The van der Waals surface area contributed by atoms with Gasteiger partial charge in [0.15, 0.2) is 0 Å². The minimum absolute atomic E-state index is 0.135. The predicted octanol–water partition coefficient (Wildman–Crippen LogP) is 2.50. The molecule has 7 N–H and O–H groups in total. The Labute approximate surface area is 229 Å². The molecule has 1 saturated heterocycles. The topological polar surface area (TPSA) is 134 Å². The molecule has 0 aromatic heterocycles. The third-order valence-electron chi connectivity index (χ3n) is 6.21. The second-order valence-corrected chi connectivity index (χ2v) is 9.39. The lowest BCUT2D eigenvalue weighted by Gasteiger charge is -2.32. The normalized spacial score (nSPS) is 15.1. The third-order valence-corrected chi connectivity index (χ3v) is 6.21. The SMILES string of the molecule is CCCN.CN1CCN(C(=O)CNC(=O)c2ccc(N(N)/C=C\N)cc2F)CC1.Fc1ccc(C2CC2)cc1. The van der Waals surface area contributed by atoms with Crippen molar-refractivity contribution in [2.75, 3.05) is 51.3 Å². The van der Waals surface area contributed by atoms with E-state index in [1.165, 1.54) is 55.1 Å². The summed E-state index contributed by atoms with van der Waals surface area (Å²) in [6, 6.07) is 10.8. The first-order chi connectivity index (χ1) is 18.7. The number of likely N-dealkylation sites (N-methyl/N-ethyl adjacent to an activating group) is 1. The molecule has 0 unspecified atom stereocenters. The van der Waals surface area contributed by atoms with E-state index in [0.717, 1.165) is 43.0 Å². The van der Waals surface area contributed by atoms with Crippen LogP contribution in [0.25, 0.3) is 0 Å². The first kappa shape index (κ1) is 31.7. The van der Waals surface area contributed by atoms with Gasteiger partial charge >= 0.3 is 0 Å². The lowest BCUT2D eigenvalue weighted by molar-refractivity contribution is -0.131. The van der Waals surface area contributed by atoms with Gasteiger partial charge in [-0.15, -0.1) is 0 Å². The lowest BCUT2D eigenvalue weighted by Crippen LogP contribution is -2.50. The minimum Gasteiger partial charge on any atom is -0.403 e. The molecule has 0 bridgehead atoms. The Kier molecular flexibility index (Phi) is 13.3. The van der Waals surface area contributed by atoms with Crippen LogP contribution in [-0.4, -0.2) is 67.9 Å². The maximum atomic E-state index is 14.1. The molecule has 1 heterocycles. The number of nitrogens with two attached hydrogens (primary N) is 3. The van der Waals surface area contributed by atoms with Crippen molar-refractivity contribution in [3.8, 4) is 0 Å². The maximum absolute atomic E-state index is 14.1. The number of nitrogens with zero attached hydrogens (tertiary/aromatic N) is 3. The average Bonchev–Trinajstić information content (AvgIpc) is 3.78. The summed E-state index contributed by atoms with van der Waals surface area (Å²) in [7, 11) is 1.99. The molecule has 2 aliphatic rings. The summed E-state index contributed by atoms with van der Waals surface area (Å²) in [5, 5.41) is 3.59. The molecular weight excluding hydrogens is 504 g/mol. The molecule has 1 saturated carbocycles. The fourth-order valence-electron chi connectivity index (χ4n) is 3.60. The molecule has 214 valence electrons. The van der Waals surface area contributed by atoms with Crippen LogP contribution in [0.5, 0.6) is 0 Å². The number of hydrogen-bond acceptors (Lipinski definition) is 7. The monoisotopic (exact) mass is 545 g/mol. The molecule has 2 fully saturated rings. The fraction of sp³-hybridized carbons (Fsp3) is 0.429. The van der Waals surface area contributed by atoms with Crippen LogP contribution in [0.4, 0.5) is 14.5 Å². The zero-order valence-corrected chi connectivity index (χ0v) is 22.8. The summed E-state index contributed by atoms with van der Waals surface area (Å²) in [5.41, 5.74) is 11.7. The highest BCUT2D eigenvalue weighted by atomic mass is 19.1. The second kappa shape index (κ2) is 16.4. The molecule has 2 amide bonds. The highest BCUT2D eigenvalue weighted by Gasteiger charge is 2.23. The highest BCUT2D eigenvalue weighted by Crippen LogP contribution is 2.39. The van der Waals surface area contributed by atoms with Crippen molar-refractivity contribution in [3.63, 3.8) is 0 Å². The van der Waals surface area contributed by atoms with E-state index in [1.807, 2.05) is 19.2 Å².